The molecule has 1 fully saturated rings. The molecule has 28 heavy (non-hydrogen) atoms. The van der Waals surface area contributed by atoms with Crippen molar-refractivity contribution in [3.05, 3.63) is 40.9 Å². The van der Waals surface area contributed by atoms with Crippen molar-refractivity contribution in [2.45, 2.75) is 24.3 Å². The second kappa shape index (κ2) is 8.14. The normalized spacial score (nSPS) is 15.8. The van der Waals surface area contributed by atoms with Crippen LogP contribution in [0.2, 0.25) is 5.02 Å². The van der Waals surface area contributed by atoms with E-state index in [0.29, 0.717) is 10.9 Å². The summed E-state index contributed by atoms with van der Waals surface area (Å²) in [5.74, 6) is 2.30. The van der Waals surface area contributed by atoms with Gasteiger partial charge in [-0.2, -0.15) is 0 Å². The van der Waals surface area contributed by atoms with E-state index in [9.17, 15) is 0 Å². The summed E-state index contributed by atoms with van der Waals surface area (Å²) in [5.41, 5.74) is 1.82. The molecular weight excluding hydrogens is 398 g/mol. The average Bonchev–Trinajstić information content (AvgIpc) is 3.26. The summed E-state index contributed by atoms with van der Waals surface area (Å²) in [5, 5.41) is 10.3. The number of anilines is 1. The van der Waals surface area contributed by atoms with E-state index in [-0.39, 0.29) is 5.25 Å². The van der Waals surface area contributed by atoms with E-state index in [0.717, 1.165) is 54.4 Å². The molecule has 1 atom stereocenters. The van der Waals surface area contributed by atoms with Gasteiger partial charge in [0.2, 0.25) is 11.8 Å². The molecule has 0 amide bonds. The van der Waals surface area contributed by atoms with Crippen molar-refractivity contribution in [1.82, 2.24) is 19.7 Å². The van der Waals surface area contributed by atoms with Gasteiger partial charge in [0, 0.05) is 30.7 Å². The highest BCUT2D eigenvalue weighted by Gasteiger charge is 2.23. The number of aryl methyl sites for hydroxylation is 1. The van der Waals surface area contributed by atoms with Gasteiger partial charge in [-0.3, -0.25) is 4.57 Å². The molecule has 1 aromatic carbocycles. The highest BCUT2D eigenvalue weighted by molar-refractivity contribution is 7.99. The van der Waals surface area contributed by atoms with E-state index < -0.39 is 0 Å². The lowest BCUT2D eigenvalue weighted by Crippen LogP contribution is -2.37. The van der Waals surface area contributed by atoms with Gasteiger partial charge in [0.1, 0.15) is 0 Å². The first-order valence-corrected chi connectivity index (χ1v) is 10.4. The Balaban J connectivity index is 1.51. The van der Waals surface area contributed by atoms with Crippen LogP contribution >= 0.6 is 23.4 Å². The Morgan fingerprint density at radius 1 is 1.14 bits per heavy atom. The van der Waals surface area contributed by atoms with E-state index in [2.05, 4.69) is 27.0 Å². The average molecular weight is 420 g/mol. The number of ether oxygens (including phenoxy) is 1. The monoisotopic (exact) mass is 419 g/mol. The smallest absolute Gasteiger partial charge is 0.227 e. The molecular formula is C19H22ClN5O2S. The summed E-state index contributed by atoms with van der Waals surface area (Å²) in [6, 6.07) is 7.58. The molecule has 3 heterocycles. The second-order valence-corrected chi connectivity index (χ2v) is 8.42. The highest BCUT2D eigenvalue weighted by atomic mass is 35.5. The van der Waals surface area contributed by atoms with Crippen LogP contribution in [0.5, 0.6) is 0 Å². The van der Waals surface area contributed by atoms with Crippen LogP contribution in [-0.2, 0) is 11.8 Å². The SMILES string of the molecule is Cc1nc(C(C)Sc2nnc(N3CCOCC3)n2C)oc1-c1ccc(Cl)cc1. The van der Waals surface area contributed by atoms with Crippen LogP contribution in [0.3, 0.4) is 0 Å². The summed E-state index contributed by atoms with van der Waals surface area (Å²) in [6.45, 7) is 7.10. The fourth-order valence-electron chi connectivity index (χ4n) is 3.12. The first-order chi connectivity index (χ1) is 13.5. The third kappa shape index (κ3) is 3.90. The maximum Gasteiger partial charge on any atom is 0.227 e. The molecule has 0 saturated carbocycles. The van der Waals surface area contributed by atoms with Crippen LogP contribution in [0.1, 0.15) is 23.8 Å². The molecule has 0 aliphatic carbocycles. The summed E-state index contributed by atoms with van der Waals surface area (Å²) in [7, 11) is 1.99. The maximum atomic E-state index is 6.08. The summed E-state index contributed by atoms with van der Waals surface area (Å²) in [6.07, 6.45) is 0. The summed E-state index contributed by atoms with van der Waals surface area (Å²) >= 11 is 7.56. The van der Waals surface area contributed by atoms with Crippen LogP contribution in [0.4, 0.5) is 5.95 Å². The molecule has 4 rings (SSSR count). The van der Waals surface area contributed by atoms with Crippen LogP contribution in [0.15, 0.2) is 33.8 Å². The Bertz CT molecular complexity index is 950. The Hall–Kier alpha value is -2.03. The molecule has 1 aliphatic rings. The lowest BCUT2D eigenvalue weighted by Gasteiger charge is -2.27. The van der Waals surface area contributed by atoms with Gasteiger partial charge in [0.15, 0.2) is 10.9 Å². The van der Waals surface area contributed by atoms with Crippen LogP contribution in [-0.4, -0.2) is 46.1 Å². The third-order valence-corrected chi connectivity index (χ3v) is 6.03. The number of aromatic nitrogens is 4. The molecule has 3 aromatic rings. The largest absolute Gasteiger partial charge is 0.439 e. The molecule has 0 radical (unpaired) electrons. The Morgan fingerprint density at radius 2 is 1.86 bits per heavy atom. The fourth-order valence-corrected chi connectivity index (χ4v) is 4.09. The first kappa shape index (κ1) is 19.3. The van der Waals surface area contributed by atoms with Gasteiger partial charge in [-0.15, -0.1) is 10.2 Å². The number of oxazole rings is 1. The number of benzene rings is 1. The van der Waals surface area contributed by atoms with Gasteiger partial charge in [-0.25, -0.2) is 4.98 Å². The van der Waals surface area contributed by atoms with E-state index in [1.54, 1.807) is 11.8 Å². The predicted molar refractivity (Wildman–Crippen MR) is 110 cm³/mol. The number of rotatable bonds is 5. The minimum Gasteiger partial charge on any atom is -0.439 e. The van der Waals surface area contributed by atoms with E-state index in [1.807, 2.05) is 42.8 Å². The first-order valence-electron chi connectivity index (χ1n) is 9.15. The zero-order valence-electron chi connectivity index (χ0n) is 16.1. The van der Waals surface area contributed by atoms with Gasteiger partial charge in [-0.1, -0.05) is 23.4 Å². The number of hydrogen-bond acceptors (Lipinski definition) is 7. The van der Waals surface area contributed by atoms with Crippen molar-refractivity contribution in [2.75, 3.05) is 31.2 Å². The third-order valence-electron chi connectivity index (χ3n) is 4.66. The van der Waals surface area contributed by atoms with Gasteiger partial charge >= 0.3 is 0 Å². The molecule has 1 aliphatic heterocycles. The van der Waals surface area contributed by atoms with Gasteiger partial charge < -0.3 is 14.1 Å². The minimum atomic E-state index is 0.000175. The van der Waals surface area contributed by atoms with E-state index in [4.69, 9.17) is 20.8 Å². The van der Waals surface area contributed by atoms with Crippen molar-refractivity contribution < 1.29 is 9.15 Å². The van der Waals surface area contributed by atoms with Crippen molar-refractivity contribution in [2.24, 2.45) is 7.05 Å². The topological polar surface area (TPSA) is 69.2 Å². The lowest BCUT2D eigenvalue weighted by atomic mass is 10.1. The number of nitrogens with zero attached hydrogens (tertiary/aromatic N) is 5. The Kier molecular flexibility index (Phi) is 5.61. The molecule has 0 spiro atoms. The quantitative estimate of drug-likeness (QED) is 0.576. The van der Waals surface area contributed by atoms with Crippen molar-refractivity contribution in [3.63, 3.8) is 0 Å². The van der Waals surface area contributed by atoms with E-state index in [1.165, 1.54) is 0 Å². The Labute approximate surface area is 173 Å². The number of morpholine rings is 1. The number of hydrogen-bond donors (Lipinski definition) is 0. The zero-order chi connectivity index (χ0) is 19.7. The van der Waals surface area contributed by atoms with Crippen LogP contribution in [0, 0.1) is 6.92 Å². The van der Waals surface area contributed by atoms with Crippen molar-refractivity contribution in [1.29, 1.82) is 0 Å². The van der Waals surface area contributed by atoms with Gasteiger partial charge in [0.05, 0.1) is 24.2 Å². The molecule has 9 heteroatoms. The Morgan fingerprint density at radius 3 is 2.57 bits per heavy atom. The molecule has 1 unspecified atom stereocenters. The maximum absolute atomic E-state index is 6.08. The standard InChI is InChI=1S/C19H22ClN5O2S/c1-12-16(14-4-6-15(20)7-5-14)27-17(21-12)13(2)28-19-23-22-18(24(19)3)25-8-10-26-11-9-25/h4-7,13H,8-11H2,1-3H3. The fraction of sp³-hybridized carbons (Fsp3) is 0.421. The summed E-state index contributed by atoms with van der Waals surface area (Å²) < 4.78 is 13.5. The van der Waals surface area contributed by atoms with Crippen LogP contribution < -0.4 is 4.90 Å². The van der Waals surface area contributed by atoms with Gasteiger partial charge in [-0.05, 0) is 38.1 Å². The summed E-state index contributed by atoms with van der Waals surface area (Å²) in [4.78, 5) is 6.82. The highest BCUT2D eigenvalue weighted by Crippen LogP contribution is 2.37. The second-order valence-electron chi connectivity index (χ2n) is 6.67. The molecule has 2 aromatic heterocycles. The lowest BCUT2D eigenvalue weighted by molar-refractivity contribution is 0.121. The van der Waals surface area contributed by atoms with Gasteiger partial charge in [0.25, 0.3) is 0 Å². The zero-order valence-corrected chi connectivity index (χ0v) is 17.6. The molecule has 148 valence electrons. The number of halogens is 1. The minimum absolute atomic E-state index is 0.000175. The van der Waals surface area contributed by atoms with Crippen molar-refractivity contribution >= 4 is 29.3 Å². The molecule has 7 nitrogen and oxygen atoms in total. The van der Waals surface area contributed by atoms with Crippen LogP contribution in [0.25, 0.3) is 11.3 Å². The molecule has 1 saturated heterocycles. The molecule has 0 bridgehead atoms. The predicted octanol–water partition coefficient (Wildman–Crippen LogP) is 4.12. The molecule has 0 N–H and O–H groups in total. The van der Waals surface area contributed by atoms with Crippen molar-refractivity contribution in [3.8, 4) is 11.3 Å². The number of thioether (sulfide) groups is 1. The van der Waals surface area contributed by atoms with E-state index >= 15 is 0 Å².